The molecule has 0 fully saturated rings. The van der Waals surface area contributed by atoms with Gasteiger partial charge in [0.2, 0.25) is 5.76 Å². The molecule has 0 radical (unpaired) electrons. The van der Waals surface area contributed by atoms with Crippen molar-refractivity contribution >= 4 is 39.3 Å². The van der Waals surface area contributed by atoms with Crippen molar-refractivity contribution in [1.29, 1.82) is 0 Å². The molecule has 0 saturated carbocycles. The second-order valence-corrected chi connectivity index (χ2v) is 10.3. The van der Waals surface area contributed by atoms with E-state index in [2.05, 4.69) is 4.98 Å². The van der Waals surface area contributed by atoms with Gasteiger partial charge in [0, 0.05) is 0 Å². The number of ether oxygens (including phenoxy) is 2. The molecule has 0 N–H and O–H groups in total. The van der Waals surface area contributed by atoms with Crippen molar-refractivity contribution in [3.8, 4) is 5.75 Å². The molecule has 3 heterocycles. The molecule has 10 heteroatoms. The first-order valence-corrected chi connectivity index (χ1v) is 13.7. The van der Waals surface area contributed by atoms with Gasteiger partial charge in [-0.15, -0.1) is 0 Å². The molecule has 0 aliphatic carbocycles. The predicted octanol–water partition coefficient (Wildman–Crippen LogP) is 6.20. The van der Waals surface area contributed by atoms with Crippen LogP contribution < -0.4 is 15.1 Å². The maximum absolute atomic E-state index is 14.1. The first-order chi connectivity index (χ1) is 19.9. The van der Waals surface area contributed by atoms with E-state index >= 15 is 0 Å². The van der Waals surface area contributed by atoms with Gasteiger partial charge in [0.1, 0.15) is 28.6 Å². The van der Waals surface area contributed by atoms with Gasteiger partial charge in [0.05, 0.1) is 29.3 Å². The van der Waals surface area contributed by atoms with Crippen LogP contribution >= 0.6 is 11.3 Å². The number of aryl methyl sites for hydroxylation is 1. The highest BCUT2D eigenvalue weighted by molar-refractivity contribution is 7.17. The molecule has 1 unspecified atom stereocenters. The minimum atomic E-state index is -0.940. The number of carbonyl (C=O) groups excluding carboxylic acids is 2. The number of thiazole rings is 1. The zero-order valence-corrected chi connectivity index (χ0v) is 22.9. The number of aromatic nitrogens is 1. The number of rotatable bonds is 7. The summed E-state index contributed by atoms with van der Waals surface area (Å²) in [5.41, 5.74) is 1.61. The van der Waals surface area contributed by atoms with E-state index in [4.69, 9.17) is 13.9 Å². The Morgan fingerprint density at radius 1 is 1.07 bits per heavy atom. The van der Waals surface area contributed by atoms with Crippen LogP contribution in [0.2, 0.25) is 0 Å². The lowest BCUT2D eigenvalue weighted by Crippen LogP contribution is -2.29. The Balaban J connectivity index is 1.45. The summed E-state index contributed by atoms with van der Waals surface area (Å²) in [4.78, 5) is 46.2. The summed E-state index contributed by atoms with van der Waals surface area (Å²) >= 11 is 0.990. The number of nitrogens with zero attached hydrogens (tertiary/aromatic N) is 2. The van der Waals surface area contributed by atoms with Crippen molar-refractivity contribution in [1.82, 2.24) is 4.98 Å². The minimum Gasteiger partial charge on any atom is -0.489 e. The fourth-order valence-corrected chi connectivity index (χ4v) is 5.80. The van der Waals surface area contributed by atoms with E-state index in [1.54, 1.807) is 38.1 Å². The summed E-state index contributed by atoms with van der Waals surface area (Å²) in [5, 5.41) is 0.222. The van der Waals surface area contributed by atoms with Crippen LogP contribution in [0.25, 0.3) is 11.0 Å². The fraction of sp³-hybridized carbons (Fsp3) is 0.161. The zero-order valence-electron chi connectivity index (χ0n) is 22.0. The van der Waals surface area contributed by atoms with Gasteiger partial charge in [-0.1, -0.05) is 53.8 Å². The van der Waals surface area contributed by atoms with Gasteiger partial charge in [0.15, 0.2) is 10.6 Å². The van der Waals surface area contributed by atoms with E-state index in [0.717, 1.165) is 29.0 Å². The molecule has 41 heavy (non-hydrogen) atoms. The highest BCUT2D eigenvalue weighted by Gasteiger charge is 2.45. The van der Waals surface area contributed by atoms with Gasteiger partial charge in [0.25, 0.3) is 5.91 Å². The molecule has 1 amide bonds. The Morgan fingerprint density at radius 2 is 1.83 bits per heavy atom. The van der Waals surface area contributed by atoms with Crippen LogP contribution in [0.1, 0.15) is 55.6 Å². The molecular weight excluding hydrogens is 547 g/mol. The van der Waals surface area contributed by atoms with Gasteiger partial charge in [-0.05, 0) is 55.3 Å². The molecule has 2 aromatic heterocycles. The van der Waals surface area contributed by atoms with Crippen LogP contribution in [0.4, 0.5) is 9.52 Å². The monoisotopic (exact) mass is 570 g/mol. The summed E-state index contributed by atoms with van der Waals surface area (Å²) in [6.07, 6.45) is 0. The summed E-state index contributed by atoms with van der Waals surface area (Å²) in [6.45, 7) is 3.90. The Bertz CT molecular complexity index is 1850. The van der Waals surface area contributed by atoms with E-state index in [1.165, 1.54) is 11.0 Å². The third kappa shape index (κ3) is 4.76. The fourth-order valence-electron chi connectivity index (χ4n) is 4.82. The average molecular weight is 571 g/mol. The molecule has 0 saturated heterocycles. The van der Waals surface area contributed by atoms with Gasteiger partial charge in [-0.2, -0.15) is 0 Å². The number of benzene rings is 3. The standard InChI is InChI=1S/C31H23FN2O6S/c1-3-38-30(37)28-17(2)33-31(41-28)34-25(19-9-12-21(13-10-19)39-16-18-7-5-4-6-8-18)24-26(35)22-15-20(32)11-14-23(22)40-27(24)29(34)36/h4-15,25H,3,16H2,1-2H3. The SMILES string of the molecule is CCOC(=O)c1sc(N2C(=O)c3oc4ccc(F)cc4c(=O)c3C2c2ccc(OCc3ccccc3)cc2)nc1C. The van der Waals surface area contributed by atoms with E-state index in [-0.39, 0.29) is 38.9 Å². The molecule has 0 spiro atoms. The first-order valence-electron chi connectivity index (χ1n) is 12.9. The largest absolute Gasteiger partial charge is 0.489 e. The van der Waals surface area contributed by atoms with Crippen molar-refractivity contribution in [2.45, 2.75) is 26.5 Å². The molecule has 1 aliphatic rings. The molecular formula is C31H23FN2O6S. The van der Waals surface area contributed by atoms with Gasteiger partial charge in [-0.25, -0.2) is 14.2 Å². The lowest BCUT2D eigenvalue weighted by Gasteiger charge is -2.22. The summed E-state index contributed by atoms with van der Waals surface area (Å²) in [7, 11) is 0. The highest BCUT2D eigenvalue weighted by Crippen LogP contribution is 2.43. The topological polar surface area (TPSA) is 98.9 Å². The lowest BCUT2D eigenvalue weighted by molar-refractivity contribution is 0.0531. The molecule has 8 nitrogen and oxygen atoms in total. The molecule has 1 aliphatic heterocycles. The van der Waals surface area contributed by atoms with Crippen LogP contribution in [0.3, 0.4) is 0 Å². The van der Waals surface area contributed by atoms with E-state index in [1.807, 2.05) is 30.3 Å². The predicted molar refractivity (Wildman–Crippen MR) is 151 cm³/mol. The number of amides is 1. The van der Waals surface area contributed by atoms with E-state index < -0.39 is 29.2 Å². The van der Waals surface area contributed by atoms with Crippen molar-refractivity contribution in [2.24, 2.45) is 0 Å². The lowest BCUT2D eigenvalue weighted by atomic mass is 9.98. The van der Waals surface area contributed by atoms with Crippen molar-refractivity contribution < 1.29 is 27.9 Å². The van der Waals surface area contributed by atoms with Gasteiger partial charge < -0.3 is 13.9 Å². The van der Waals surface area contributed by atoms with Crippen molar-refractivity contribution in [3.63, 3.8) is 0 Å². The van der Waals surface area contributed by atoms with Crippen LogP contribution in [-0.2, 0) is 11.3 Å². The van der Waals surface area contributed by atoms with E-state index in [9.17, 15) is 18.8 Å². The Hall–Kier alpha value is -4.83. The van der Waals surface area contributed by atoms with Crippen molar-refractivity contribution in [3.05, 3.63) is 122 Å². The average Bonchev–Trinajstić information content (AvgIpc) is 3.50. The summed E-state index contributed by atoms with van der Waals surface area (Å²) in [6, 6.07) is 19.3. The maximum Gasteiger partial charge on any atom is 0.350 e. The molecule has 206 valence electrons. The molecule has 0 bridgehead atoms. The molecule has 5 aromatic rings. The Morgan fingerprint density at radius 3 is 2.56 bits per heavy atom. The van der Waals surface area contributed by atoms with Crippen LogP contribution in [-0.4, -0.2) is 23.5 Å². The highest BCUT2D eigenvalue weighted by atomic mass is 32.1. The second kappa shape index (κ2) is 10.6. The second-order valence-electron chi connectivity index (χ2n) is 9.37. The zero-order chi connectivity index (χ0) is 28.7. The van der Waals surface area contributed by atoms with Crippen LogP contribution in [0.5, 0.6) is 5.75 Å². The Labute approximate surface area is 237 Å². The van der Waals surface area contributed by atoms with E-state index in [0.29, 0.717) is 23.6 Å². The number of hydrogen-bond acceptors (Lipinski definition) is 8. The third-order valence-electron chi connectivity index (χ3n) is 6.73. The maximum atomic E-state index is 14.1. The number of carbonyl (C=O) groups is 2. The van der Waals surface area contributed by atoms with Crippen LogP contribution in [0, 0.1) is 12.7 Å². The number of hydrogen-bond donors (Lipinski definition) is 0. The first kappa shape index (κ1) is 26.4. The number of esters is 1. The number of fused-ring (bicyclic) bond motifs is 2. The Kier molecular flexibility index (Phi) is 6.84. The quantitative estimate of drug-likeness (QED) is 0.215. The number of halogens is 1. The van der Waals surface area contributed by atoms with Gasteiger partial charge in [-0.3, -0.25) is 14.5 Å². The molecule has 3 aromatic carbocycles. The molecule has 6 rings (SSSR count). The summed E-state index contributed by atoms with van der Waals surface area (Å²) < 4.78 is 31.1. The summed E-state index contributed by atoms with van der Waals surface area (Å²) in [5.74, 6) is -1.31. The van der Waals surface area contributed by atoms with Crippen molar-refractivity contribution in [2.75, 3.05) is 11.5 Å². The molecule has 1 atom stereocenters. The third-order valence-corrected chi connectivity index (χ3v) is 7.87. The smallest absolute Gasteiger partial charge is 0.350 e. The minimum absolute atomic E-state index is 0.0220. The van der Waals surface area contributed by atoms with Gasteiger partial charge >= 0.3 is 5.97 Å². The normalized spacial score (nSPS) is 14.4. The van der Waals surface area contributed by atoms with Crippen LogP contribution in [0.15, 0.2) is 82.0 Å². The number of anilines is 1.